The summed E-state index contributed by atoms with van der Waals surface area (Å²) >= 11 is 0. The van der Waals surface area contributed by atoms with Crippen LogP contribution in [-0.2, 0) is 0 Å². The van der Waals surface area contributed by atoms with Gasteiger partial charge in [0.15, 0.2) is 11.5 Å². The number of aryl methyl sites for hydroxylation is 1. The molecule has 0 saturated heterocycles. The number of nitrogens with zero attached hydrogens (tertiary/aromatic N) is 3. The minimum atomic E-state index is -0.233. The van der Waals surface area contributed by atoms with Crippen molar-refractivity contribution in [1.82, 2.24) is 15.0 Å². The first-order valence-corrected chi connectivity index (χ1v) is 10.4. The highest BCUT2D eigenvalue weighted by Gasteiger charge is 2.16. The Hall–Kier alpha value is -4.07. The summed E-state index contributed by atoms with van der Waals surface area (Å²) in [5, 5.41) is 12.1. The Kier molecular flexibility index (Phi) is 5.10. The Bertz CT molecular complexity index is 1300. The number of amides is 1. The number of carbonyl (C=O) groups is 1. The highest BCUT2D eigenvalue weighted by atomic mass is 16.6. The van der Waals surface area contributed by atoms with Crippen molar-refractivity contribution < 1.29 is 19.0 Å². The standard InChI is InChI=1S/C24H22N4O4/c1-3-30-18-7-5-17(6-8-18)28-26-20-12-15(2)19(14-21(20)27-28)25-24(29)16-4-9-22-23(13-16)32-11-10-31-22/h4-9,12-14H,3,10-11H2,1-2H3,(H,25,29). The summed E-state index contributed by atoms with van der Waals surface area (Å²) < 4.78 is 16.6. The lowest BCUT2D eigenvalue weighted by Gasteiger charge is -2.18. The molecule has 1 amide bonds. The van der Waals surface area contributed by atoms with Crippen LogP contribution >= 0.6 is 0 Å². The van der Waals surface area contributed by atoms with Crippen LogP contribution in [0.25, 0.3) is 16.7 Å². The molecule has 32 heavy (non-hydrogen) atoms. The molecule has 0 bridgehead atoms. The number of carbonyl (C=O) groups excluding carboxylic acids is 1. The molecule has 0 radical (unpaired) electrons. The van der Waals surface area contributed by atoms with Crippen molar-refractivity contribution in [2.75, 3.05) is 25.1 Å². The third-order valence-corrected chi connectivity index (χ3v) is 5.16. The molecule has 5 rings (SSSR count). The van der Waals surface area contributed by atoms with E-state index >= 15 is 0 Å². The van der Waals surface area contributed by atoms with Crippen molar-refractivity contribution in [3.05, 3.63) is 65.7 Å². The van der Waals surface area contributed by atoms with Crippen LogP contribution in [0.15, 0.2) is 54.6 Å². The molecule has 0 fully saturated rings. The second-order valence-corrected chi connectivity index (χ2v) is 7.38. The van der Waals surface area contributed by atoms with Crippen molar-refractivity contribution in [3.63, 3.8) is 0 Å². The zero-order chi connectivity index (χ0) is 22.1. The second kappa shape index (κ2) is 8.22. The van der Waals surface area contributed by atoms with E-state index in [0.717, 1.165) is 22.5 Å². The van der Waals surface area contributed by atoms with Gasteiger partial charge in [0.05, 0.1) is 12.3 Å². The van der Waals surface area contributed by atoms with Crippen LogP contribution in [-0.4, -0.2) is 40.7 Å². The molecule has 0 spiro atoms. The van der Waals surface area contributed by atoms with Crippen LogP contribution in [0.2, 0.25) is 0 Å². The summed E-state index contributed by atoms with van der Waals surface area (Å²) in [5.41, 5.74) is 4.31. The predicted octanol–water partition coefficient (Wildman–Crippen LogP) is 4.15. The molecule has 3 aromatic carbocycles. The molecule has 2 heterocycles. The summed E-state index contributed by atoms with van der Waals surface area (Å²) in [7, 11) is 0. The smallest absolute Gasteiger partial charge is 0.255 e. The van der Waals surface area contributed by atoms with E-state index < -0.39 is 0 Å². The van der Waals surface area contributed by atoms with E-state index in [2.05, 4.69) is 15.5 Å². The van der Waals surface area contributed by atoms with Gasteiger partial charge in [0.25, 0.3) is 5.91 Å². The molecule has 162 valence electrons. The largest absolute Gasteiger partial charge is 0.494 e. The van der Waals surface area contributed by atoms with Gasteiger partial charge in [-0.05, 0) is 74.0 Å². The van der Waals surface area contributed by atoms with Crippen LogP contribution in [0.5, 0.6) is 17.2 Å². The van der Waals surface area contributed by atoms with Crippen molar-refractivity contribution in [2.24, 2.45) is 0 Å². The van der Waals surface area contributed by atoms with Gasteiger partial charge in [0.2, 0.25) is 0 Å². The lowest BCUT2D eigenvalue weighted by atomic mass is 10.1. The number of ether oxygens (including phenoxy) is 3. The number of benzene rings is 3. The van der Waals surface area contributed by atoms with E-state index in [9.17, 15) is 4.79 Å². The maximum Gasteiger partial charge on any atom is 0.255 e. The van der Waals surface area contributed by atoms with Crippen LogP contribution in [0, 0.1) is 6.92 Å². The highest BCUT2D eigenvalue weighted by Crippen LogP contribution is 2.31. The lowest BCUT2D eigenvalue weighted by molar-refractivity contribution is 0.102. The fourth-order valence-electron chi connectivity index (χ4n) is 3.54. The van der Waals surface area contributed by atoms with Crippen LogP contribution < -0.4 is 19.5 Å². The number of fused-ring (bicyclic) bond motifs is 2. The molecular weight excluding hydrogens is 408 g/mol. The van der Waals surface area contributed by atoms with Gasteiger partial charge in [-0.15, -0.1) is 10.2 Å². The molecule has 0 saturated carbocycles. The number of hydrogen-bond donors (Lipinski definition) is 1. The van der Waals surface area contributed by atoms with Crippen molar-refractivity contribution in [3.8, 4) is 22.9 Å². The minimum absolute atomic E-state index is 0.233. The molecule has 1 aliphatic heterocycles. The third-order valence-electron chi connectivity index (χ3n) is 5.16. The molecule has 1 N–H and O–H groups in total. The maximum atomic E-state index is 12.8. The van der Waals surface area contributed by atoms with Crippen molar-refractivity contribution in [2.45, 2.75) is 13.8 Å². The summed E-state index contributed by atoms with van der Waals surface area (Å²) in [4.78, 5) is 14.4. The van der Waals surface area contributed by atoms with Gasteiger partial charge in [-0.3, -0.25) is 4.79 Å². The average Bonchev–Trinajstić information content (AvgIpc) is 3.22. The first-order valence-electron chi connectivity index (χ1n) is 10.4. The van der Waals surface area contributed by atoms with E-state index in [1.807, 2.05) is 50.2 Å². The van der Waals surface area contributed by atoms with Gasteiger partial charge in [-0.2, -0.15) is 4.80 Å². The molecule has 8 nitrogen and oxygen atoms in total. The summed E-state index contributed by atoms with van der Waals surface area (Å²) in [5.74, 6) is 1.79. The second-order valence-electron chi connectivity index (χ2n) is 7.38. The lowest BCUT2D eigenvalue weighted by Crippen LogP contribution is -2.17. The van der Waals surface area contributed by atoms with Crippen LogP contribution in [0.1, 0.15) is 22.8 Å². The Morgan fingerprint density at radius 1 is 1.00 bits per heavy atom. The van der Waals surface area contributed by atoms with Gasteiger partial charge in [0.1, 0.15) is 30.0 Å². The molecular formula is C24H22N4O4. The number of anilines is 1. The molecule has 4 aromatic rings. The Morgan fingerprint density at radius 2 is 1.72 bits per heavy atom. The predicted molar refractivity (Wildman–Crippen MR) is 120 cm³/mol. The van der Waals surface area contributed by atoms with Crippen LogP contribution in [0.4, 0.5) is 5.69 Å². The maximum absolute atomic E-state index is 12.8. The fraction of sp³-hybridized carbons (Fsp3) is 0.208. The van der Waals surface area contributed by atoms with Gasteiger partial charge in [0, 0.05) is 11.3 Å². The number of hydrogen-bond acceptors (Lipinski definition) is 6. The monoisotopic (exact) mass is 430 g/mol. The quantitative estimate of drug-likeness (QED) is 0.512. The van der Waals surface area contributed by atoms with E-state index in [4.69, 9.17) is 14.2 Å². The van der Waals surface area contributed by atoms with Crippen molar-refractivity contribution >= 4 is 22.6 Å². The number of rotatable bonds is 5. The average molecular weight is 430 g/mol. The summed E-state index contributed by atoms with van der Waals surface area (Å²) in [6.07, 6.45) is 0. The molecule has 1 aromatic heterocycles. The van der Waals surface area contributed by atoms with Crippen molar-refractivity contribution in [1.29, 1.82) is 0 Å². The van der Waals surface area contributed by atoms with E-state index in [0.29, 0.717) is 48.1 Å². The molecule has 1 aliphatic rings. The fourth-order valence-corrected chi connectivity index (χ4v) is 3.54. The molecule has 0 unspecified atom stereocenters. The SMILES string of the molecule is CCOc1ccc(-n2nc3cc(C)c(NC(=O)c4ccc5c(c4)OCCO5)cc3n2)cc1. The zero-order valence-corrected chi connectivity index (χ0v) is 17.8. The Balaban J connectivity index is 1.40. The molecule has 8 heteroatoms. The summed E-state index contributed by atoms with van der Waals surface area (Å²) in [6.45, 7) is 5.47. The number of aromatic nitrogens is 3. The van der Waals surface area contributed by atoms with E-state index in [-0.39, 0.29) is 5.91 Å². The van der Waals surface area contributed by atoms with E-state index in [1.165, 1.54) is 0 Å². The van der Waals surface area contributed by atoms with Gasteiger partial charge in [-0.25, -0.2) is 0 Å². The number of nitrogens with one attached hydrogen (secondary N) is 1. The van der Waals surface area contributed by atoms with E-state index in [1.54, 1.807) is 23.0 Å². The van der Waals surface area contributed by atoms with Gasteiger partial charge < -0.3 is 19.5 Å². The third kappa shape index (κ3) is 3.82. The summed E-state index contributed by atoms with van der Waals surface area (Å²) in [6, 6.07) is 16.5. The Morgan fingerprint density at radius 3 is 2.47 bits per heavy atom. The first kappa shape index (κ1) is 19.9. The van der Waals surface area contributed by atoms with Gasteiger partial charge in [-0.1, -0.05) is 0 Å². The van der Waals surface area contributed by atoms with Gasteiger partial charge >= 0.3 is 0 Å². The highest BCUT2D eigenvalue weighted by molar-refractivity contribution is 6.05. The minimum Gasteiger partial charge on any atom is -0.494 e. The topological polar surface area (TPSA) is 87.5 Å². The Labute approximate surface area is 184 Å². The molecule has 0 atom stereocenters. The van der Waals surface area contributed by atoms with Crippen LogP contribution in [0.3, 0.4) is 0 Å². The zero-order valence-electron chi connectivity index (χ0n) is 17.8. The first-order chi connectivity index (χ1) is 15.6. The normalized spacial score (nSPS) is 12.6. The molecule has 0 aliphatic carbocycles.